The number of thiocarbonyl (C=S) groups is 1. The summed E-state index contributed by atoms with van der Waals surface area (Å²) >= 11 is 8.53. The third-order valence-corrected chi connectivity index (χ3v) is 4.69. The maximum absolute atomic E-state index is 12.3. The number of hydrogen-bond donors (Lipinski definition) is 3. The van der Waals surface area contributed by atoms with Gasteiger partial charge in [-0.1, -0.05) is 39.7 Å². The molecule has 0 saturated heterocycles. The van der Waals surface area contributed by atoms with Crippen LogP contribution in [0.3, 0.4) is 0 Å². The van der Waals surface area contributed by atoms with Crippen LogP contribution < -0.4 is 16.0 Å². The molecule has 0 aliphatic rings. The van der Waals surface area contributed by atoms with E-state index in [9.17, 15) is 9.59 Å². The van der Waals surface area contributed by atoms with Gasteiger partial charge in [0.2, 0.25) is 0 Å². The van der Waals surface area contributed by atoms with Gasteiger partial charge in [0.05, 0.1) is 0 Å². The van der Waals surface area contributed by atoms with Gasteiger partial charge >= 0.3 is 0 Å². The number of aryl methyl sites for hydroxylation is 1. The highest BCUT2D eigenvalue weighted by Gasteiger charge is 2.09. The molecule has 0 heterocycles. The van der Waals surface area contributed by atoms with E-state index in [0.717, 1.165) is 10.0 Å². The van der Waals surface area contributed by atoms with Crippen molar-refractivity contribution in [3.05, 3.63) is 94.0 Å². The Kier molecular flexibility index (Phi) is 6.74. The van der Waals surface area contributed by atoms with Crippen molar-refractivity contribution < 1.29 is 9.59 Å². The average molecular weight is 468 g/mol. The Morgan fingerprint density at radius 3 is 2.00 bits per heavy atom. The van der Waals surface area contributed by atoms with Gasteiger partial charge in [0.25, 0.3) is 11.8 Å². The summed E-state index contributed by atoms with van der Waals surface area (Å²) in [6, 6.07) is 21.5. The van der Waals surface area contributed by atoms with E-state index in [1.165, 1.54) is 0 Å². The number of carbonyl (C=O) groups is 2. The molecule has 3 aromatic carbocycles. The van der Waals surface area contributed by atoms with Gasteiger partial charge in [-0.25, -0.2) is 0 Å². The fourth-order valence-corrected chi connectivity index (χ4v) is 3.20. The van der Waals surface area contributed by atoms with Crippen LogP contribution in [0.5, 0.6) is 0 Å². The minimum Gasteiger partial charge on any atom is -0.332 e. The Morgan fingerprint density at radius 1 is 0.793 bits per heavy atom. The Hall–Kier alpha value is -3.03. The number of hydrogen-bond acceptors (Lipinski definition) is 3. The molecule has 29 heavy (non-hydrogen) atoms. The van der Waals surface area contributed by atoms with Gasteiger partial charge in [-0.05, 0) is 73.7 Å². The summed E-state index contributed by atoms with van der Waals surface area (Å²) in [7, 11) is 0. The number of amides is 2. The molecule has 7 heteroatoms. The van der Waals surface area contributed by atoms with Gasteiger partial charge in [-0.2, -0.15) is 0 Å². The third-order valence-electron chi connectivity index (χ3n) is 3.99. The van der Waals surface area contributed by atoms with Crippen molar-refractivity contribution in [1.82, 2.24) is 5.32 Å². The second-order valence-electron chi connectivity index (χ2n) is 6.32. The molecule has 0 saturated carbocycles. The summed E-state index contributed by atoms with van der Waals surface area (Å²) in [5.74, 6) is -0.475. The van der Waals surface area contributed by atoms with Crippen LogP contribution in [-0.4, -0.2) is 16.9 Å². The fraction of sp³-hybridized carbons (Fsp3) is 0.0455. The average Bonchev–Trinajstić information content (AvgIpc) is 2.69. The molecule has 0 fully saturated rings. The lowest BCUT2D eigenvalue weighted by atomic mass is 10.1. The Balaban J connectivity index is 1.56. The summed E-state index contributed by atoms with van der Waals surface area (Å²) in [6.07, 6.45) is 0. The highest BCUT2D eigenvalue weighted by Crippen LogP contribution is 2.16. The smallest absolute Gasteiger partial charge is 0.257 e. The summed E-state index contributed by atoms with van der Waals surface area (Å²) in [5.41, 5.74) is 3.47. The van der Waals surface area contributed by atoms with E-state index in [1.807, 2.05) is 31.2 Å². The molecule has 146 valence electrons. The molecule has 0 atom stereocenters. The van der Waals surface area contributed by atoms with Gasteiger partial charge in [-0.15, -0.1) is 0 Å². The number of halogens is 1. The first-order valence-electron chi connectivity index (χ1n) is 8.77. The lowest BCUT2D eigenvalue weighted by molar-refractivity contribution is 0.0976. The lowest BCUT2D eigenvalue weighted by Crippen LogP contribution is -2.34. The van der Waals surface area contributed by atoms with Crippen LogP contribution in [0.4, 0.5) is 11.4 Å². The van der Waals surface area contributed by atoms with Crippen molar-refractivity contribution >= 4 is 56.4 Å². The van der Waals surface area contributed by atoms with E-state index in [4.69, 9.17) is 12.2 Å². The summed E-state index contributed by atoms with van der Waals surface area (Å²) in [6.45, 7) is 1.94. The van der Waals surface area contributed by atoms with E-state index in [0.29, 0.717) is 22.5 Å². The molecule has 0 aliphatic heterocycles. The molecule has 2 amide bonds. The standard InChI is InChI=1S/C22H18BrN3O2S/c1-14-4-2-5-15(12-14)20(27)24-18-8-10-19(11-9-18)25-22(29)26-21(28)16-6-3-7-17(23)13-16/h2-13H,1H3,(H,24,27)(H2,25,26,28,29). The van der Waals surface area contributed by atoms with Crippen molar-refractivity contribution in [3.8, 4) is 0 Å². The number of benzene rings is 3. The van der Waals surface area contributed by atoms with Gasteiger partial charge in [0, 0.05) is 27.0 Å². The Labute approximate surface area is 182 Å². The normalized spacial score (nSPS) is 10.1. The topological polar surface area (TPSA) is 70.2 Å². The fourth-order valence-electron chi connectivity index (χ4n) is 2.59. The second kappa shape index (κ2) is 9.45. The number of carbonyl (C=O) groups excluding carboxylic acids is 2. The van der Waals surface area contributed by atoms with Crippen LogP contribution in [0.2, 0.25) is 0 Å². The largest absolute Gasteiger partial charge is 0.332 e. The molecule has 5 nitrogen and oxygen atoms in total. The molecular weight excluding hydrogens is 450 g/mol. The Bertz CT molecular complexity index is 1070. The summed E-state index contributed by atoms with van der Waals surface area (Å²) < 4.78 is 0.812. The maximum atomic E-state index is 12.3. The quantitative estimate of drug-likeness (QED) is 0.464. The number of nitrogens with one attached hydrogen (secondary N) is 3. The molecule has 0 bridgehead atoms. The zero-order chi connectivity index (χ0) is 20.8. The zero-order valence-corrected chi connectivity index (χ0v) is 17.9. The van der Waals surface area contributed by atoms with Crippen LogP contribution >= 0.6 is 28.1 Å². The van der Waals surface area contributed by atoms with E-state index >= 15 is 0 Å². The third kappa shape index (κ3) is 5.97. The van der Waals surface area contributed by atoms with Crippen molar-refractivity contribution in [2.24, 2.45) is 0 Å². The summed E-state index contributed by atoms with van der Waals surface area (Å²) in [4.78, 5) is 24.5. The molecule has 3 rings (SSSR count). The van der Waals surface area contributed by atoms with Crippen LogP contribution in [0.15, 0.2) is 77.3 Å². The zero-order valence-electron chi connectivity index (χ0n) is 15.5. The SMILES string of the molecule is Cc1cccc(C(=O)Nc2ccc(NC(=S)NC(=O)c3cccc(Br)c3)cc2)c1. The van der Waals surface area contributed by atoms with Crippen molar-refractivity contribution in [2.45, 2.75) is 6.92 Å². The van der Waals surface area contributed by atoms with Gasteiger partial charge in [-0.3, -0.25) is 14.9 Å². The first-order valence-corrected chi connectivity index (χ1v) is 9.97. The lowest BCUT2D eigenvalue weighted by Gasteiger charge is -2.11. The predicted octanol–water partition coefficient (Wildman–Crippen LogP) is 5.14. The van der Waals surface area contributed by atoms with Gasteiger partial charge in [0.15, 0.2) is 5.11 Å². The van der Waals surface area contributed by atoms with Gasteiger partial charge in [0.1, 0.15) is 0 Å². The van der Waals surface area contributed by atoms with E-state index in [1.54, 1.807) is 48.5 Å². The van der Waals surface area contributed by atoms with Crippen LogP contribution in [0, 0.1) is 6.92 Å². The van der Waals surface area contributed by atoms with E-state index in [-0.39, 0.29) is 16.9 Å². The van der Waals surface area contributed by atoms with Crippen LogP contribution in [0.1, 0.15) is 26.3 Å². The van der Waals surface area contributed by atoms with E-state index < -0.39 is 0 Å². The maximum Gasteiger partial charge on any atom is 0.257 e. The minimum absolute atomic E-state index is 0.175. The predicted molar refractivity (Wildman–Crippen MR) is 123 cm³/mol. The van der Waals surface area contributed by atoms with Crippen LogP contribution in [0.25, 0.3) is 0 Å². The van der Waals surface area contributed by atoms with Crippen molar-refractivity contribution in [2.75, 3.05) is 10.6 Å². The number of rotatable bonds is 4. The molecular formula is C22H18BrN3O2S. The minimum atomic E-state index is -0.300. The monoisotopic (exact) mass is 467 g/mol. The molecule has 0 radical (unpaired) electrons. The highest BCUT2D eigenvalue weighted by atomic mass is 79.9. The molecule has 3 aromatic rings. The first kappa shape index (κ1) is 20.7. The second-order valence-corrected chi connectivity index (χ2v) is 7.64. The van der Waals surface area contributed by atoms with Crippen LogP contribution in [-0.2, 0) is 0 Å². The van der Waals surface area contributed by atoms with E-state index in [2.05, 4.69) is 31.9 Å². The molecule has 0 unspecified atom stereocenters. The molecule has 0 aromatic heterocycles. The number of anilines is 2. The first-order chi connectivity index (χ1) is 13.9. The highest BCUT2D eigenvalue weighted by molar-refractivity contribution is 9.10. The Morgan fingerprint density at radius 2 is 1.38 bits per heavy atom. The van der Waals surface area contributed by atoms with Crippen molar-refractivity contribution in [3.63, 3.8) is 0 Å². The molecule has 0 aliphatic carbocycles. The molecule has 3 N–H and O–H groups in total. The van der Waals surface area contributed by atoms with Crippen molar-refractivity contribution in [1.29, 1.82) is 0 Å². The van der Waals surface area contributed by atoms with Gasteiger partial charge < -0.3 is 10.6 Å². The summed E-state index contributed by atoms with van der Waals surface area (Å²) in [5, 5.41) is 8.63. The molecule has 0 spiro atoms.